The van der Waals surface area contributed by atoms with Crippen LogP contribution in [0.5, 0.6) is 0 Å². The van der Waals surface area contributed by atoms with Gasteiger partial charge in [-0.1, -0.05) is 54.7 Å². The first kappa shape index (κ1) is 19.2. The summed E-state index contributed by atoms with van der Waals surface area (Å²) in [5.41, 5.74) is 1.72. The van der Waals surface area contributed by atoms with E-state index in [1.807, 2.05) is 48.1 Å². The van der Waals surface area contributed by atoms with Crippen molar-refractivity contribution >= 4 is 23.0 Å². The molecule has 2 aromatic rings. The van der Waals surface area contributed by atoms with Crippen LogP contribution in [0.4, 0.5) is 4.79 Å². The number of nitrogens with zero attached hydrogens (tertiary/aromatic N) is 3. The SMILES string of the molecule is C=CCOC(=O)N1CC(SC(=O)c2ccccc2)CC1Cc1cncn1C. The van der Waals surface area contributed by atoms with E-state index in [0.717, 1.165) is 12.1 Å². The van der Waals surface area contributed by atoms with Gasteiger partial charge < -0.3 is 14.2 Å². The maximum absolute atomic E-state index is 12.5. The van der Waals surface area contributed by atoms with Gasteiger partial charge >= 0.3 is 6.09 Å². The summed E-state index contributed by atoms with van der Waals surface area (Å²) < 4.78 is 7.19. The van der Waals surface area contributed by atoms with Crippen LogP contribution in [0.15, 0.2) is 55.5 Å². The van der Waals surface area contributed by atoms with Crippen LogP contribution in [0.25, 0.3) is 0 Å². The summed E-state index contributed by atoms with van der Waals surface area (Å²) in [6.45, 7) is 4.25. The van der Waals surface area contributed by atoms with Crippen molar-refractivity contribution < 1.29 is 14.3 Å². The highest BCUT2D eigenvalue weighted by atomic mass is 32.2. The fourth-order valence-corrected chi connectivity index (χ4v) is 4.33. The molecule has 0 N–H and O–H groups in total. The molecule has 27 heavy (non-hydrogen) atoms. The lowest BCUT2D eigenvalue weighted by atomic mass is 10.1. The van der Waals surface area contributed by atoms with Gasteiger partial charge in [-0.3, -0.25) is 4.79 Å². The highest BCUT2D eigenvalue weighted by Gasteiger charge is 2.38. The minimum atomic E-state index is -0.364. The first-order valence-electron chi connectivity index (χ1n) is 8.84. The van der Waals surface area contributed by atoms with Gasteiger partial charge in [-0.25, -0.2) is 9.78 Å². The van der Waals surface area contributed by atoms with Gasteiger partial charge in [0.15, 0.2) is 0 Å². The number of hydrogen-bond donors (Lipinski definition) is 0. The summed E-state index contributed by atoms with van der Waals surface area (Å²) in [5, 5.41) is 0.0633. The fraction of sp³-hybridized carbons (Fsp3) is 0.350. The van der Waals surface area contributed by atoms with Gasteiger partial charge in [-0.2, -0.15) is 0 Å². The molecule has 142 valence electrons. The molecule has 6 nitrogen and oxygen atoms in total. The summed E-state index contributed by atoms with van der Waals surface area (Å²) in [5.74, 6) is 0. The summed E-state index contributed by atoms with van der Waals surface area (Å²) >= 11 is 1.29. The molecule has 0 saturated carbocycles. The van der Waals surface area contributed by atoms with E-state index in [-0.39, 0.29) is 29.1 Å². The number of hydrogen-bond acceptors (Lipinski definition) is 5. The zero-order valence-corrected chi connectivity index (χ0v) is 16.1. The maximum atomic E-state index is 12.5. The van der Waals surface area contributed by atoms with Crippen molar-refractivity contribution in [1.82, 2.24) is 14.5 Å². The molecule has 1 fully saturated rings. The predicted octanol–water partition coefficient (Wildman–Crippen LogP) is 3.30. The van der Waals surface area contributed by atoms with Gasteiger partial charge in [0.2, 0.25) is 5.12 Å². The van der Waals surface area contributed by atoms with Crippen LogP contribution in [0.1, 0.15) is 22.5 Å². The molecular formula is C20H23N3O3S. The number of carbonyl (C=O) groups excluding carboxylic acids is 2. The maximum Gasteiger partial charge on any atom is 0.410 e. The van der Waals surface area contributed by atoms with Crippen LogP contribution in [0, 0.1) is 0 Å². The lowest BCUT2D eigenvalue weighted by Gasteiger charge is -2.23. The molecule has 3 rings (SSSR count). The predicted molar refractivity (Wildman–Crippen MR) is 106 cm³/mol. The number of thioether (sulfide) groups is 1. The third kappa shape index (κ3) is 4.80. The van der Waals surface area contributed by atoms with Crippen molar-refractivity contribution in [2.24, 2.45) is 7.05 Å². The number of benzene rings is 1. The largest absolute Gasteiger partial charge is 0.445 e. The number of carbonyl (C=O) groups is 2. The number of ether oxygens (including phenoxy) is 1. The van der Waals surface area contributed by atoms with Crippen molar-refractivity contribution in [3.8, 4) is 0 Å². The number of aromatic nitrogens is 2. The Morgan fingerprint density at radius 2 is 2.15 bits per heavy atom. The Balaban J connectivity index is 1.70. The van der Waals surface area contributed by atoms with Gasteiger partial charge in [0.1, 0.15) is 6.61 Å². The molecular weight excluding hydrogens is 362 g/mol. The zero-order chi connectivity index (χ0) is 19.2. The molecule has 0 bridgehead atoms. The molecule has 2 unspecified atom stereocenters. The van der Waals surface area contributed by atoms with Crippen LogP contribution < -0.4 is 0 Å². The van der Waals surface area contributed by atoms with Gasteiger partial charge in [0.05, 0.1) is 6.33 Å². The highest BCUT2D eigenvalue weighted by molar-refractivity contribution is 8.14. The van der Waals surface area contributed by atoms with Crippen LogP contribution >= 0.6 is 11.8 Å². The Morgan fingerprint density at radius 1 is 1.37 bits per heavy atom. The van der Waals surface area contributed by atoms with E-state index in [0.29, 0.717) is 18.5 Å². The molecule has 1 amide bonds. The first-order chi connectivity index (χ1) is 13.1. The summed E-state index contributed by atoms with van der Waals surface area (Å²) in [6.07, 6.45) is 6.15. The quantitative estimate of drug-likeness (QED) is 0.714. The summed E-state index contributed by atoms with van der Waals surface area (Å²) in [6, 6.07) is 9.19. The summed E-state index contributed by atoms with van der Waals surface area (Å²) in [7, 11) is 1.93. The molecule has 1 aromatic heterocycles. The first-order valence-corrected chi connectivity index (χ1v) is 9.72. The van der Waals surface area contributed by atoms with Crippen molar-refractivity contribution in [2.75, 3.05) is 13.2 Å². The Morgan fingerprint density at radius 3 is 2.81 bits per heavy atom. The molecule has 2 heterocycles. The standard InChI is InChI=1S/C20H23N3O3S/c1-3-9-26-20(25)23-13-18(27-19(24)15-7-5-4-6-8-15)11-16(23)10-17-12-21-14-22(17)2/h3-8,12,14,16,18H,1,9-11,13H2,2H3. The molecule has 2 atom stereocenters. The minimum Gasteiger partial charge on any atom is -0.445 e. The smallest absolute Gasteiger partial charge is 0.410 e. The van der Waals surface area contributed by atoms with Crippen molar-refractivity contribution in [3.63, 3.8) is 0 Å². The Hall–Kier alpha value is -2.54. The number of imidazole rings is 1. The van der Waals surface area contributed by atoms with E-state index < -0.39 is 0 Å². The zero-order valence-electron chi connectivity index (χ0n) is 15.3. The van der Waals surface area contributed by atoms with Crippen LogP contribution in [-0.2, 0) is 18.2 Å². The highest BCUT2D eigenvalue weighted by Crippen LogP contribution is 2.32. The van der Waals surface area contributed by atoms with Crippen molar-refractivity contribution in [2.45, 2.75) is 24.1 Å². The van der Waals surface area contributed by atoms with Gasteiger partial charge in [0.25, 0.3) is 0 Å². The lowest BCUT2D eigenvalue weighted by molar-refractivity contribution is 0.106. The van der Waals surface area contributed by atoms with E-state index in [1.165, 1.54) is 11.8 Å². The van der Waals surface area contributed by atoms with E-state index in [9.17, 15) is 9.59 Å². The minimum absolute atomic E-state index is 0.0289. The molecule has 0 radical (unpaired) electrons. The van der Waals surface area contributed by atoms with E-state index in [2.05, 4.69) is 11.6 Å². The second-order valence-electron chi connectivity index (χ2n) is 6.50. The normalized spacial score (nSPS) is 19.1. The molecule has 1 aliphatic heterocycles. The van der Waals surface area contributed by atoms with Gasteiger partial charge in [-0.15, -0.1) is 0 Å². The van der Waals surface area contributed by atoms with Crippen LogP contribution in [-0.4, -0.2) is 50.1 Å². The number of likely N-dealkylation sites (tertiary alicyclic amines) is 1. The second-order valence-corrected chi connectivity index (χ2v) is 7.77. The van der Waals surface area contributed by atoms with E-state index >= 15 is 0 Å². The molecule has 1 aliphatic rings. The number of amides is 1. The van der Waals surface area contributed by atoms with Gasteiger partial charge in [-0.05, 0) is 6.42 Å². The van der Waals surface area contributed by atoms with E-state index in [1.54, 1.807) is 17.3 Å². The monoisotopic (exact) mass is 385 g/mol. The average Bonchev–Trinajstić information content (AvgIpc) is 3.27. The van der Waals surface area contributed by atoms with Crippen molar-refractivity contribution in [1.29, 1.82) is 0 Å². The van der Waals surface area contributed by atoms with E-state index in [4.69, 9.17) is 4.74 Å². The number of aryl methyl sites for hydroxylation is 1. The molecule has 0 spiro atoms. The molecule has 1 aromatic carbocycles. The second kappa shape index (κ2) is 8.90. The third-order valence-electron chi connectivity index (χ3n) is 4.58. The number of rotatable bonds is 6. The molecule has 7 heteroatoms. The van der Waals surface area contributed by atoms with Gasteiger partial charge in [0, 0.05) is 48.8 Å². The Bertz CT molecular complexity index is 806. The topological polar surface area (TPSA) is 64.4 Å². The third-order valence-corrected chi connectivity index (χ3v) is 5.70. The average molecular weight is 385 g/mol. The Kier molecular flexibility index (Phi) is 6.34. The van der Waals surface area contributed by atoms with Crippen LogP contribution in [0.2, 0.25) is 0 Å². The molecule has 1 saturated heterocycles. The Labute approximate surface area is 163 Å². The fourth-order valence-electron chi connectivity index (χ4n) is 3.21. The van der Waals surface area contributed by atoms with Crippen LogP contribution in [0.3, 0.4) is 0 Å². The lowest BCUT2D eigenvalue weighted by Crippen LogP contribution is -2.37. The molecule has 0 aliphatic carbocycles. The summed E-state index contributed by atoms with van der Waals surface area (Å²) in [4.78, 5) is 30.9. The van der Waals surface area contributed by atoms with Crippen molar-refractivity contribution in [3.05, 3.63) is 66.8 Å².